The lowest BCUT2D eigenvalue weighted by atomic mass is 10.0. The molecule has 1 fully saturated rings. The fraction of sp³-hybridized carbons (Fsp3) is 0.533. The second-order valence-electron chi connectivity index (χ2n) is 5.16. The molecule has 1 aliphatic heterocycles. The zero-order chi connectivity index (χ0) is 13.7. The number of hydrogen-bond donors (Lipinski definition) is 1. The Kier molecular flexibility index (Phi) is 4.93. The summed E-state index contributed by atoms with van der Waals surface area (Å²) < 4.78 is 0. The Morgan fingerprint density at radius 3 is 2.42 bits per heavy atom. The van der Waals surface area contributed by atoms with Crippen molar-refractivity contribution in [2.75, 3.05) is 40.3 Å². The van der Waals surface area contributed by atoms with Crippen molar-refractivity contribution in [3.8, 4) is 0 Å². The van der Waals surface area contributed by atoms with Gasteiger partial charge in [-0.3, -0.25) is 4.79 Å². The molecule has 4 nitrogen and oxygen atoms in total. The van der Waals surface area contributed by atoms with E-state index in [0.717, 1.165) is 32.6 Å². The molecule has 2 rings (SSSR count). The first-order valence-corrected chi connectivity index (χ1v) is 6.89. The number of amides is 1. The third-order valence-corrected chi connectivity index (χ3v) is 3.74. The fourth-order valence-electron chi connectivity index (χ4n) is 2.41. The van der Waals surface area contributed by atoms with E-state index in [1.165, 1.54) is 5.56 Å². The van der Waals surface area contributed by atoms with Gasteiger partial charge in [-0.2, -0.15) is 0 Å². The van der Waals surface area contributed by atoms with Crippen LogP contribution in [0.15, 0.2) is 30.3 Å². The van der Waals surface area contributed by atoms with Crippen LogP contribution in [0.3, 0.4) is 0 Å². The van der Waals surface area contributed by atoms with Gasteiger partial charge in [0.25, 0.3) is 0 Å². The van der Waals surface area contributed by atoms with Crippen LogP contribution in [0.25, 0.3) is 0 Å². The molecule has 1 amide bonds. The maximum Gasteiger partial charge on any atom is 0.240 e. The van der Waals surface area contributed by atoms with Crippen LogP contribution in [0, 0.1) is 0 Å². The smallest absolute Gasteiger partial charge is 0.240 e. The highest BCUT2D eigenvalue weighted by atomic mass is 16.2. The van der Waals surface area contributed by atoms with E-state index in [4.69, 9.17) is 0 Å². The van der Waals surface area contributed by atoms with E-state index < -0.39 is 0 Å². The number of carbonyl (C=O) groups is 1. The van der Waals surface area contributed by atoms with Crippen LogP contribution >= 0.6 is 0 Å². The second-order valence-corrected chi connectivity index (χ2v) is 5.16. The molecule has 0 aromatic heterocycles. The van der Waals surface area contributed by atoms with E-state index in [1.54, 1.807) is 0 Å². The number of piperazine rings is 1. The second kappa shape index (κ2) is 6.68. The lowest BCUT2D eigenvalue weighted by Crippen LogP contribution is -2.53. The highest BCUT2D eigenvalue weighted by molar-refractivity contribution is 5.82. The molecule has 4 heteroatoms. The largest absolute Gasteiger partial charge is 0.339 e. The predicted octanol–water partition coefficient (Wildman–Crippen LogP) is 0.591. The first-order valence-electron chi connectivity index (χ1n) is 6.89. The van der Waals surface area contributed by atoms with Crippen molar-refractivity contribution >= 4 is 5.91 Å². The van der Waals surface area contributed by atoms with Gasteiger partial charge in [0, 0.05) is 26.2 Å². The highest BCUT2D eigenvalue weighted by Gasteiger charge is 2.25. The molecule has 1 saturated heterocycles. The normalized spacial score (nSPS) is 18.3. The quantitative estimate of drug-likeness (QED) is 0.862. The van der Waals surface area contributed by atoms with Crippen molar-refractivity contribution in [2.45, 2.75) is 12.5 Å². The Hall–Kier alpha value is -1.39. The number of nitrogens with zero attached hydrogens (tertiary/aromatic N) is 2. The zero-order valence-corrected chi connectivity index (χ0v) is 11.8. The number of nitrogens with one attached hydrogen (secondary N) is 1. The Bertz CT molecular complexity index is 399. The molecule has 104 valence electrons. The summed E-state index contributed by atoms with van der Waals surface area (Å²) in [4.78, 5) is 16.7. The Morgan fingerprint density at radius 2 is 1.84 bits per heavy atom. The van der Waals surface area contributed by atoms with Crippen LogP contribution in [0.5, 0.6) is 0 Å². The van der Waals surface area contributed by atoms with Crippen molar-refractivity contribution in [3.05, 3.63) is 35.9 Å². The fourth-order valence-corrected chi connectivity index (χ4v) is 2.41. The van der Waals surface area contributed by atoms with E-state index in [-0.39, 0.29) is 11.9 Å². The minimum Gasteiger partial charge on any atom is -0.339 e. The average molecular weight is 261 g/mol. The molecule has 0 saturated carbocycles. The van der Waals surface area contributed by atoms with Gasteiger partial charge in [-0.05, 0) is 26.1 Å². The maximum atomic E-state index is 12.5. The van der Waals surface area contributed by atoms with Crippen molar-refractivity contribution in [2.24, 2.45) is 0 Å². The van der Waals surface area contributed by atoms with Crippen molar-refractivity contribution in [1.29, 1.82) is 0 Å². The highest BCUT2D eigenvalue weighted by Crippen LogP contribution is 2.08. The molecule has 0 aliphatic carbocycles. The van der Waals surface area contributed by atoms with E-state index in [9.17, 15) is 4.79 Å². The molecule has 0 unspecified atom stereocenters. The SMILES string of the molecule is CN[C@@H](Cc1ccccc1)C(=O)N1CCN(C)CC1. The third kappa shape index (κ3) is 3.78. The molecule has 0 bridgehead atoms. The first-order chi connectivity index (χ1) is 9.20. The monoisotopic (exact) mass is 261 g/mol. The number of rotatable bonds is 4. The molecule has 1 atom stereocenters. The van der Waals surface area contributed by atoms with Gasteiger partial charge in [-0.25, -0.2) is 0 Å². The number of likely N-dealkylation sites (N-methyl/N-ethyl adjacent to an activating group) is 2. The van der Waals surface area contributed by atoms with E-state index in [2.05, 4.69) is 29.4 Å². The molecule has 19 heavy (non-hydrogen) atoms. The van der Waals surface area contributed by atoms with Gasteiger partial charge < -0.3 is 15.1 Å². The van der Waals surface area contributed by atoms with E-state index >= 15 is 0 Å². The summed E-state index contributed by atoms with van der Waals surface area (Å²) in [6.07, 6.45) is 0.752. The lowest BCUT2D eigenvalue weighted by molar-refractivity contribution is -0.134. The molecule has 0 radical (unpaired) electrons. The molecule has 1 aromatic carbocycles. The predicted molar refractivity (Wildman–Crippen MR) is 77.1 cm³/mol. The summed E-state index contributed by atoms with van der Waals surface area (Å²) in [5.74, 6) is 0.222. The molecular weight excluding hydrogens is 238 g/mol. The topological polar surface area (TPSA) is 35.6 Å². The standard InChI is InChI=1S/C15H23N3O/c1-16-14(12-13-6-4-3-5-7-13)15(19)18-10-8-17(2)9-11-18/h3-7,14,16H,8-12H2,1-2H3/t14-/m0/s1. The Morgan fingerprint density at radius 1 is 1.21 bits per heavy atom. The summed E-state index contributed by atoms with van der Waals surface area (Å²) in [7, 11) is 3.96. The Balaban J connectivity index is 1.95. The molecule has 1 aliphatic rings. The van der Waals surface area contributed by atoms with Gasteiger partial charge in [0.2, 0.25) is 5.91 Å². The minimum absolute atomic E-state index is 0.120. The summed E-state index contributed by atoms with van der Waals surface area (Å²) in [5, 5.41) is 3.15. The number of hydrogen-bond acceptors (Lipinski definition) is 3. The molecular formula is C15H23N3O. The summed E-state index contributed by atoms with van der Waals surface area (Å²) in [5.41, 5.74) is 1.20. The third-order valence-electron chi connectivity index (χ3n) is 3.74. The zero-order valence-electron chi connectivity index (χ0n) is 11.8. The van der Waals surface area contributed by atoms with Gasteiger partial charge >= 0.3 is 0 Å². The van der Waals surface area contributed by atoms with E-state index in [0.29, 0.717) is 0 Å². The lowest BCUT2D eigenvalue weighted by Gasteiger charge is -2.34. The first kappa shape index (κ1) is 14.0. The van der Waals surface area contributed by atoms with Crippen LogP contribution in [-0.4, -0.2) is 62.0 Å². The van der Waals surface area contributed by atoms with Gasteiger partial charge in [-0.1, -0.05) is 30.3 Å². The van der Waals surface area contributed by atoms with Gasteiger partial charge in [0.05, 0.1) is 6.04 Å². The number of carbonyl (C=O) groups excluding carboxylic acids is 1. The van der Waals surface area contributed by atoms with Crippen molar-refractivity contribution in [3.63, 3.8) is 0 Å². The van der Waals surface area contributed by atoms with Gasteiger partial charge in [0.1, 0.15) is 0 Å². The molecule has 0 spiro atoms. The average Bonchev–Trinajstić information content (AvgIpc) is 2.46. The van der Waals surface area contributed by atoms with Crippen molar-refractivity contribution in [1.82, 2.24) is 15.1 Å². The maximum absolute atomic E-state index is 12.5. The van der Waals surface area contributed by atoms with Crippen LogP contribution in [0.4, 0.5) is 0 Å². The molecule has 1 heterocycles. The van der Waals surface area contributed by atoms with Crippen LogP contribution in [0.2, 0.25) is 0 Å². The summed E-state index contributed by atoms with van der Waals surface area (Å²) in [6, 6.07) is 10.1. The molecule has 1 N–H and O–H groups in total. The summed E-state index contributed by atoms with van der Waals surface area (Å²) >= 11 is 0. The Labute approximate surface area is 115 Å². The van der Waals surface area contributed by atoms with Gasteiger partial charge in [0.15, 0.2) is 0 Å². The summed E-state index contributed by atoms with van der Waals surface area (Å²) in [6.45, 7) is 3.60. The van der Waals surface area contributed by atoms with Gasteiger partial charge in [-0.15, -0.1) is 0 Å². The number of benzene rings is 1. The van der Waals surface area contributed by atoms with Crippen LogP contribution < -0.4 is 5.32 Å². The van der Waals surface area contributed by atoms with Crippen LogP contribution in [-0.2, 0) is 11.2 Å². The van der Waals surface area contributed by atoms with Crippen molar-refractivity contribution < 1.29 is 4.79 Å². The van der Waals surface area contributed by atoms with Crippen LogP contribution in [0.1, 0.15) is 5.56 Å². The minimum atomic E-state index is -0.120. The van der Waals surface area contributed by atoms with E-state index in [1.807, 2.05) is 30.1 Å². The molecule has 1 aromatic rings.